The van der Waals surface area contributed by atoms with Crippen LogP contribution in [0.25, 0.3) is 0 Å². The smallest absolute Gasteiger partial charge is 0.228 e. The van der Waals surface area contributed by atoms with Gasteiger partial charge in [-0.25, -0.2) is 0 Å². The third-order valence-electron chi connectivity index (χ3n) is 5.80. The number of hydrogen-bond donors (Lipinski definition) is 0. The number of piperidine rings is 1. The van der Waals surface area contributed by atoms with Crippen LogP contribution in [-0.2, 0) is 9.59 Å². The van der Waals surface area contributed by atoms with Crippen molar-refractivity contribution in [2.24, 2.45) is 11.8 Å². The van der Waals surface area contributed by atoms with E-state index in [4.69, 9.17) is 0 Å². The van der Waals surface area contributed by atoms with E-state index < -0.39 is 0 Å². The van der Waals surface area contributed by atoms with Crippen LogP contribution in [0, 0.1) is 18.8 Å². The molecule has 5 heteroatoms. The molecule has 3 heterocycles. The largest absolute Gasteiger partial charge is 0.342 e. The first-order valence-corrected chi connectivity index (χ1v) is 10.6. The van der Waals surface area contributed by atoms with Crippen molar-refractivity contribution in [2.75, 3.05) is 18.0 Å². The van der Waals surface area contributed by atoms with E-state index in [1.54, 1.807) is 11.3 Å². The summed E-state index contributed by atoms with van der Waals surface area (Å²) in [5, 5.41) is 2.03. The molecule has 3 unspecified atom stereocenters. The Kier molecular flexibility index (Phi) is 5.04. The summed E-state index contributed by atoms with van der Waals surface area (Å²) in [6.07, 6.45) is 2.13. The Morgan fingerprint density at radius 1 is 1.15 bits per heavy atom. The van der Waals surface area contributed by atoms with E-state index in [2.05, 4.69) is 13.0 Å². The van der Waals surface area contributed by atoms with Gasteiger partial charge in [0.25, 0.3) is 0 Å². The van der Waals surface area contributed by atoms with E-state index in [1.807, 2.05) is 52.4 Å². The number of carbonyl (C=O) groups excluding carboxylic acids is 2. The van der Waals surface area contributed by atoms with Crippen LogP contribution < -0.4 is 4.90 Å². The molecule has 4 nitrogen and oxygen atoms in total. The van der Waals surface area contributed by atoms with Crippen LogP contribution in [0.3, 0.4) is 0 Å². The highest BCUT2D eigenvalue weighted by atomic mass is 32.1. The normalized spacial score (nSPS) is 25.9. The van der Waals surface area contributed by atoms with Crippen LogP contribution in [0.4, 0.5) is 5.69 Å². The molecule has 27 heavy (non-hydrogen) atoms. The Balaban J connectivity index is 1.71. The number of nitrogens with zero attached hydrogens (tertiary/aromatic N) is 2. The number of carbonyl (C=O) groups is 2. The maximum atomic E-state index is 13.4. The lowest BCUT2D eigenvalue weighted by molar-refractivity contribution is -0.137. The van der Waals surface area contributed by atoms with E-state index >= 15 is 0 Å². The van der Waals surface area contributed by atoms with Gasteiger partial charge in [-0.1, -0.05) is 30.7 Å². The number of benzene rings is 1. The molecule has 0 bridgehead atoms. The van der Waals surface area contributed by atoms with Gasteiger partial charge in [0.2, 0.25) is 11.8 Å². The van der Waals surface area contributed by atoms with Gasteiger partial charge in [0.1, 0.15) is 0 Å². The molecule has 2 aliphatic heterocycles. The molecule has 142 valence electrons. The maximum Gasteiger partial charge on any atom is 0.228 e. The Morgan fingerprint density at radius 3 is 2.56 bits per heavy atom. The second kappa shape index (κ2) is 7.47. The number of amides is 2. The molecule has 2 fully saturated rings. The standard InChI is InChI=1S/C22H26N2O2S/c1-15-5-7-17(8-6-15)24-20(25)10-9-18(21(24)19-4-3-13-27-19)22(26)23-12-11-16(2)14-23/h3-8,13,16,18,21H,9-12,14H2,1-2H3. The van der Waals surface area contributed by atoms with Crippen LogP contribution in [0.2, 0.25) is 0 Å². The molecule has 1 aromatic heterocycles. The SMILES string of the molecule is Cc1ccc(N2C(=O)CCC(C(=O)N3CCC(C)C3)C2c2cccs2)cc1. The van der Waals surface area contributed by atoms with E-state index in [0.717, 1.165) is 35.6 Å². The van der Waals surface area contributed by atoms with E-state index in [1.165, 1.54) is 0 Å². The van der Waals surface area contributed by atoms with Crippen molar-refractivity contribution in [3.8, 4) is 0 Å². The summed E-state index contributed by atoms with van der Waals surface area (Å²) >= 11 is 1.63. The number of rotatable bonds is 3. The van der Waals surface area contributed by atoms with Crippen molar-refractivity contribution in [3.05, 3.63) is 52.2 Å². The number of aryl methyl sites for hydroxylation is 1. The lowest BCUT2D eigenvalue weighted by atomic mass is 9.86. The van der Waals surface area contributed by atoms with Crippen molar-refractivity contribution in [1.82, 2.24) is 4.90 Å². The van der Waals surface area contributed by atoms with Crippen molar-refractivity contribution >= 4 is 28.8 Å². The zero-order valence-electron chi connectivity index (χ0n) is 15.9. The van der Waals surface area contributed by atoms with Crippen molar-refractivity contribution in [2.45, 2.75) is 39.2 Å². The van der Waals surface area contributed by atoms with Crippen LogP contribution in [-0.4, -0.2) is 29.8 Å². The summed E-state index contributed by atoms with van der Waals surface area (Å²) in [5.41, 5.74) is 2.05. The highest BCUT2D eigenvalue weighted by Crippen LogP contribution is 2.42. The monoisotopic (exact) mass is 382 g/mol. The van der Waals surface area contributed by atoms with Gasteiger partial charge in [-0.2, -0.15) is 0 Å². The molecule has 0 N–H and O–H groups in total. The average Bonchev–Trinajstić information content (AvgIpc) is 3.33. The summed E-state index contributed by atoms with van der Waals surface area (Å²) in [6.45, 7) is 5.92. The first kappa shape index (κ1) is 18.2. The molecule has 3 atom stereocenters. The first-order chi connectivity index (χ1) is 13.0. The van der Waals surface area contributed by atoms with Crippen LogP contribution in [0.5, 0.6) is 0 Å². The average molecular weight is 383 g/mol. The third-order valence-corrected chi connectivity index (χ3v) is 6.74. The van der Waals surface area contributed by atoms with Gasteiger partial charge >= 0.3 is 0 Å². The fraction of sp³-hybridized carbons (Fsp3) is 0.455. The first-order valence-electron chi connectivity index (χ1n) is 9.75. The zero-order valence-corrected chi connectivity index (χ0v) is 16.7. The number of likely N-dealkylation sites (tertiary alicyclic amines) is 1. The Bertz CT molecular complexity index is 815. The minimum Gasteiger partial charge on any atom is -0.342 e. The van der Waals surface area contributed by atoms with Gasteiger partial charge in [-0.15, -0.1) is 11.3 Å². The molecular formula is C22H26N2O2S. The van der Waals surface area contributed by atoms with Gasteiger partial charge in [0.15, 0.2) is 0 Å². The van der Waals surface area contributed by atoms with Crippen molar-refractivity contribution < 1.29 is 9.59 Å². The van der Waals surface area contributed by atoms with E-state index in [-0.39, 0.29) is 23.8 Å². The second-order valence-corrected chi connectivity index (χ2v) is 8.86. The maximum absolute atomic E-state index is 13.4. The molecule has 2 saturated heterocycles. The minimum atomic E-state index is -0.211. The highest BCUT2D eigenvalue weighted by Gasteiger charge is 2.44. The summed E-state index contributed by atoms with van der Waals surface area (Å²) < 4.78 is 0. The zero-order chi connectivity index (χ0) is 19.0. The summed E-state index contributed by atoms with van der Waals surface area (Å²) in [7, 11) is 0. The van der Waals surface area contributed by atoms with Crippen LogP contribution in [0.15, 0.2) is 41.8 Å². The predicted molar refractivity (Wildman–Crippen MR) is 109 cm³/mol. The van der Waals surface area contributed by atoms with Gasteiger partial charge < -0.3 is 9.80 Å². The Labute approximate surface area is 164 Å². The van der Waals surface area contributed by atoms with Crippen LogP contribution in [0.1, 0.15) is 42.7 Å². The van der Waals surface area contributed by atoms with Crippen molar-refractivity contribution in [1.29, 1.82) is 0 Å². The summed E-state index contributed by atoms with van der Waals surface area (Å²) in [5.74, 6) is 0.707. The minimum absolute atomic E-state index is 0.107. The third kappa shape index (κ3) is 3.53. The summed E-state index contributed by atoms with van der Waals surface area (Å²) in [6, 6.07) is 11.9. The fourth-order valence-corrected chi connectivity index (χ4v) is 5.20. The highest BCUT2D eigenvalue weighted by molar-refractivity contribution is 7.10. The Hall–Kier alpha value is -2.14. The molecular weight excluding hydrogens is 356 g/mol. The molecule has 0 aliphatic carbocycles. The van der Waals surface area contributed by atoms with Gasteiger partial charge in [0, 0.05) is 30.1 Å². The second-order valence-electron chi connectivity index (χ2n) is 7.88. The number of thiophene rings is 1. The lowest BCUT2D eigenvalue weighted by Crippen LogP contribution is -2.48. The molecule has 2 amide bonds. The molecule has 1 aromatic carbocycles. The fourth-order valence-electron chi connectivity index (χ4n) is 4.32. The lowest BCUT2D eigenvalue weighted by Gasteiger charge is -2.41. The number of hydrogen-bond acceptors (Lipinski definition) is 3. The quantitative estimate of drug-likeness (QED) is 0.789. The molecule has 4 rings (SSSR count). The van der Waals surface area contributed by atoms with Gasteiger partial charge in [0.05, 0.1) is 12.0 Å². The molecule has 0 saturated carbocycles. The van der Waals surface area contributed by atoms with Crippen LogP contribution >= 0.6 is 11.3 Å². The molecule has 2 aromatic rings. The predicted octanol–water partition coefficient (Wildman–Crippen LogP) is 4.41. The summed E-state index contributed by atoms with van der Waals surface area (Å²) in [4.78, 5) is 31.3. The van der Waals surface area contributed by atoms with Gasteiger partial charge in [-0.3, -0.25) is 9.59 Å². The Morgan fingerprint density at radius 2 is 1.93 bits per heavy atom. The molecule has 0 radical (unpaired) electrons. The molecule has 2 aliphatic rings. The van der Waals surface area contributed by atoms with E-state index in [0.29, 0.717) is 18.8 Å². The number of anilines is 1. The van der Waals surface area contributed by atoms with Crippen molar-refractivity contribution in [3.63, 3.8) is 0 Å². The molecule has 0 spiro atoms. The van der Waals surface area contributed by atoms with Gasteiger partial charge in [-0.05, 0) is 49.3 Å². The van der Waals surface area contributed by atoms with E-state index in [9.17, 15) is 9.59 Å². The topological polar surface area (TPSA) is 40.6 Å².